The fourth-order valence-corrected chi connectivity index (χ4v) is 5.11. The predicted molar refractivity (Wildman–Crippen MR) is 123 cm³/mol. The number of carbonyl (C=O) groups excluding carboxylic acids is 2. The van der Waals surface area contributed by atoms with E-state index in [9.17, 15) is 14.4 Å². The molecule has 1 N–H and O–H groups in total. The van der Waals surface area contributed by atoms with Gasteiger partial charge in [-0.1, -0.05) is 30.3 Å². The van der Waals surface area contributed by atoms with E-state index in [-0.39, 0.29) is 18.7 Å². The number of anilines is 1. The maximum absolute atomic E-state index is 12.8. The Morgan fingerprint density at radius 3 is 2.71 bits per heavy atom. The van der Waals surface area contributed by atoms with Crippen LogP contribution < -0.4 is 10.9 Å². The summed E-state index contributed by atoms with van der Waals surface area (Å²) in [5.74, 6) is -0.926. The fourth-order valence-electron chi connectivity index (χ4n) is 3.31. The van der Waals surface area contributed by atoms with Gasteiger partial charge in [-0.2, -0.15) is 0 Å². The molecule has 31 heavy (non-hydrogen) atoms. The number of aryl methyl sites for hydroxylation is 1. The van der Waals surface area contributed by atoms with E-state index in [1.165, 1.54) is 33.6 Å². The Balaban J connectivity index is 1.67. The lowest BCUT2D eigenvalue weighted by Crippen LogP contribution is -2.27. The normalized spacial score (nSPS) is 10.9. The molecule has 0 aliphatic rings. The van der Waals surface area contributed by atoms with E-state index in [2.05, 4.69) is 10.3 Å². The van der Waals surface area contributed by atoms with Crippen molar-refractivity contribution in [1.29, 1.82) is 0 Å². The van der Waals surface area contributed by atoms with Crippen LogP contribution in [-0.4, -0.2) is 28.0 Å². The monoisotopic (exact) mass is 453 g/mol. The lowest BCUT2D eigenvalue weighted by atomic mass is 10.0. The van der Waals surface area contributed by atoms with E-state index < -0.39 is 11.9 Å². The second-order valence-corrected chi connectivity index (χ2v) is 8.81. The van der Waals surface area contributed by atoms with Crippen molar-refractivity contribution < 1.29 is 14.3 Å². The third kappa shape index (κ3) is 4.14. The highest BCUT2D eigenvalue weighted by molar-refractivity contribution is 7.17. The maximum Gasteiger partial charge on any atom is 0.341 e. The Labute approximate surface area is 185 Å². The Bertz CT molecular complexity index is 1320. The molecule has 0 fully saturated rings. The van der Waals surface area contributed by atoms with Crippen molar-refractivity contribution in [3.05, 3.63) is 68.9 Å². The van der Waals surface area contributed by atoms with Gasteiger partial charge in [-0.25, -0.2) is 9.78 Å². The molecule has 0 bridgehead atoms. The summed E-state index contributed by atoms with van der Waals surface area (Å²) in [6.07, 6.45) is 1.36. The minimum Gasteiger partial charge on any atom is -0.462 e. The Kier molecular flexibility index (Phi) is 5.97. The van der Waals surface area contributed by atoms with Gasteiger partial charge in [0.1, 0.15) is 21.9 Å². The molecular weight excluding hydrogens is 434 g/mol. The predicted octanol–water partition coefficient (Wildman–Crippen LogP) is 4.31. The number of fused-ring (bicyclic) bond motifs is 1. The molecule has 4 aromatic rings. The van der Waals surface area contributed by atoms with Gasteiger partial charge in [0.2, 0.25) is 5.91 Å². The summed E-state index contributed by atoms with van der Waals surface area (Å²) >= 11 is 2.67. The smallest absolute Gasteiger partial charge is 0.341 e. The topological polar surface area (TPSA) is 90.3 Å². The first-order chi connectivity index (χ1) is 15.0. The van der Waals surface area contributed by atoms with Gasteiger partial charge in [-0.05, 0) is 30.9 Å². The first-order valence-electron chi connectivity index (χ1n) is 9.58. The van der Waals surface area contributed by atoms with Crippen LogP contribution in [0.1, 0.15) is 22.2 Å². The standard InChI is InChI=1S/C22H19N3O4S2/c1-3-29-22(28)18-17(14-7-5-4-6-8-14)13(2)31-20(18)24-16(26)11-25-12-23-19-15(21(25)27)9-10-30-19/h4-10,12H,3,11H2,1-2H3,(H,24,26). The van der Waals surface area contributed by atoms with Gasteiger partial charge in [-0.15, -0.1) is 22.7 Å². The maximum atomic E-state index is 12.8. The summed E-state index contributed by atoms with van der Waals surface area (Å²) in [6.45, 7) is 3.64. The molecule has 9 heteroatoms. The van der Waals surface area contributed by atoms with Crippen molar-refractivity contribution in [3.63, 3.8) is 0 Å². The number of ether oxygens (including phenoxy) is 1. The molecule has 1 aromatic carbocycles. The number of nitrogens with one attached hydrogen (secondary N) is 1. The number of hydrogen-bond donors (Lipinski definition) is 1. The van der Waals surface area contributed by atoms with Crippen LogP contribution >= 0.6 is 22.7 Å². The van der Waals surface area contributed by atoms with E-state index in [0.717, 1.165) is 16.0 Å². The highest BCUT2D eigenvalue weighted by Gasteiger charge is 2.25. The average Bonchev–Trinajstić information content (AvgIpc) is 3.35. The van der Waals surface area contributed by atoms with Gasteiger partial charge in [-0.3, -0.25) is 14.2 Å². The zero-order valence-corrected chi connectivity index (χ0v) is 18.5. The SMILES string of the molecule is CCOC(=O)c1c(NC(=O)Cn2cnc3sccc3c2=O)sc(C)c1-c1ccccc1. The van der Waals surface area contributed by atoms with Crippen LogP contribution in [0.5, 0.6) is 0 Å². The average molecular weight is 454 g/mol. The number of amides is 1. The Morgan fingerprint density at radius 1 is 1.19 bits per heavy atom. The van der Waals surface area contributed by atoms with Crippen LogP contribution in [0.3, 0.4) is 0 Å². The number of hydrogen-bond acceptors (Lipinski definition) is 7. The number of rotatable bonds is 6. The third-order valence-electron chi connectivity index (χ3n) is 4.64. The molecule has 3 aromatic heterocycles. The van der Waals surface area contributed by atoms with E-state index in [1.54, 1.807) is 18.4 Å². The lowest BCUT2D eigenvalue weighted by Gasteiger charge is -2.10. The molecule has 0 unspecified atom stereocenters. The van der Waals surface area contributed by atoms with Crippen molar-refractivity contribution >= 4 is 49.8 Å². The summed E-state index contributed by atoms with van der Waals surface area (Å²) in [5.41, 5.74) is 1.64. The molecule has 0 aliphatic heterocycles. The van der Waals surface area contributed by atoms with E-state index in [0.29, 0.717) is 20.8 Å². The van der Waals surface area contributed by atoms with Crippen LogP contribution in [0, 0.1) is 6.92 Å². The second-order valence-electron chi connectivity index (χ2n) is 6.69. The van der Waals surface area contributed by atoms with Gasteiger partial charge in [0.25, 0.3) is 5.56 Å². The Morgan fingerprint density at radius 2 is 1.97 bits per heavy atom. The molecule has 0 spiro atoms. The van der Waals surface area contributed by atoms with Crippen molar-refractivity contribution in [3.8, 4) is 11.1 Å². The highest BCUT2D eigenvalue weighted by atomic mass is 32.1. The first kappa shape index (κ1) is 21.0. The lowest BCUT2D eigenvalue weighted by molar-refractivity contribution is -0.116. The first-order valence-corrected chi connectivity index (χ1v) is 11.3. The molecule has 0 radical (unpaired) electrons. The minimum absolute atomic E-state index is 0.211. The number of benzene rings is 1. The van der Waals surface area contributed by atoms with Crippen LogP contribution in [0.2, 0.25) is 0 Å². The number of esters is 1. The zero-order chi connectivity index (χ0) is 22.0. The van der Waals surface area contributed by atoms with Crippen molar-refractivity contribution in [2.75, 3.05) is 11.9 Å². The number of nitrogens with zero attached hydrogens (tertiary/aromatic N) is 2. The Hall–Kier alpha value is -3.30. The summed E-state index contributed by atoms with van der Waals surface area (Å²) < 4.78 is 6.51. The molecule has 158 valence electrons. The van der Waals surface area contributed by atoms with Gasteiger partial charge < -0.3 is 10.1 Å². The van der Waals surface area contributed by atoms with Crippen LogP contribution in [0.4, 0.5) is 5.00 Å². The van der Waals surface area contributed by atoms with Crippen LogP contribution in [-0.2, 0) is 16.1 Å². The highest BCUT2D eigenvalue weighted by Crippen LogP contribution is 2.40. The van der Waals surface area contributed by atoms with E-state index >= 15 is 0 Å². The molecule has 7 nitrogen and oxygen atoms in total. The zero-order valence-electron chi connectivity index (χ0n) is 16.9. The van der Waals surface area contributed by atoms with Gasteiger partial charge in [0, 0.05) is 10.4 Å². The summed E-state index contributed by atoms with van der Waals surface area (Å²) in [6, 6.07) is 11.2. The summed E-state index contributed by atoms with van der Waals surface area (Å²) in [5, 5.41) is 5.46. The van der Waals surface area contributed by atoms with Gasteiger partial charge >= 0.3 is 5.97 Å². The third-order valence-corrected chi connectivity index (χ3v) is 6.49. The number of thiophene rings is 2. The fraction of sp³-hybridized carbons (Fsp3) is 0.182. The molecular formula is C22H19N3O4S2. The molecule has 0 atom stereocenters. The van der Waals surface area contributed by atoms with Crippen LogP contribution in [0.25, 0.3) is 21.3 Å². The summed E-state index contributed by atoms with van der Waals surface area (Å²) in [4.78, 5) is 43.8. The molecule has 3 heterocycles. The van der Waals surface area contributed by atoms with Crippen molar-refractivity contribution in [2.45, 2.75) is 20.4 Å². The van der Waals surface area contributed by atoms with Crippen molar-refractivity contribution in [2.24, 2.45) is 0 Å². The molecule has 0 saturated carbocycles. The molecule has 1 amide bonds. The second kappa shape index (κ2) is 8.83. The van der Waals surface area contributed by atoms with Gasteiger partial charge in [0.05, 0.1) is 18.3 Å². The number of carbonyl (C=O) groups is 2. The van der Waals surface area contributed by atoms with E-state index in [4.69, 9.17) is 4.74 Å². The molecule has 0 aliphatic carbocycles. The summed E-state index contributed by atoms with van der Waals surface area (Å²) in [7, 11) is 0. The number of aromatic nitrogens is 2. The van der Waals surface area contributed by atoms with Crippen molar-refractivity contribution in [1.82, 2.24) is 9.55 Å². The largest absolute Gasteiger partial charge is 0.462 e. The quantitative estimate of drug-likeness (QED) is 0.439. The molecule has 0 saturated heterocycles. The molecule has 4 rings (SSSR count). The van der Waals surface area contributed by atoms with Gasteiger partial charge in [0.15, 0.2) is 0 Å². The van der Waals surface area contributed by atoms with E-state index in [1.807, 2.05) is 37.3 Å². The van der Waals surface area contributed by atoms with Crippen LogP contribution in [0.15, 0.2) is 52.9 Å². The minimum atomic E-state index is -0.500.